The number of hydrogen-bond acceptors (Lipinski definition) is 3. The van der Waals surface area contributed by atoms with Gasteiger partial charge in [0.25, 0.3) is 0 Å². The van der Waals surface area contributed by atoms with Crippen LogP contribution in [0.3, 0.4) is 0 Å². The van der Waals surface area contributed by atoms with Crippen LogP contribution < -0.4 is 0 Å². The third kappa shape index (κ3) is 22.4. The summed E-state index contributed by atoms with van der Waals surface area (Å²) >= 11 is 0.149. The molecule has 0 fully saturated rings. The molecule has 0 aromatic carbocycles. The molecule has 0 atom stereocenters. The average Bonchev–Trinajstić information content (AvgIpc) is 2.06. The van der Waals surface area contributed by atoms with E-state index in [4.69, 9.17) is 10.5 Å². The first-order valence-corrected chi connectivity index (χ1v) is 8.52. The largest absolute Gasteiger partial charge is 0.221 e. The molecule has 0 unspecified atom stereocenters. The van der Waals surface area contributed by atoms with Crippen LogP contribution in [-0.2, 0) is 5.04 Å². The molecule has 0 aromatic rings. The van der Waals surface area contributed by atoms with Gasteiger partial charge in [-0.2, -0.15) is 0 Å². The Hall–Kier alpha value is 0.679. The van der Waals surface area contributed by atoms with Gasteiger partial charge in [-0.25, -0.2) is 10.5 Å². The molecule has 4 heteroatoms. The first kappa shape index (κ1) is 15.2. The average molecular weight is 283 g/mol. The summed E-state index contributed by atoms with van der Waals surface area (Å²) in [6, 6.07) is 0. The Morgan fingerprint density at radius 1 is 1.00 bits per heavy atom. The molecule has 0 saturated carbocycles. The Balaban J connectivity index is 0. The van der Waals surface area contributed by atoms with E-state index in [1.54, 1.807) is 8.87 Å². The molecule has 2 N–H and O–H groups in total. The van der Waals surface area contributed by atoms with Crippen molar-refractivity contribution in [2.45, 2.75) is 48.4 Å². The first-order chi connectivity index (χ1) is 5.83. The van der Waals surface area contributed by atoms with Crippen LogP contribution in [-0.4, -0.2) is 31.7 Å². The Morgan fingerprint density at radius 2 is 1.33 bits per heavy atom. The molecule has 2 radical (unpaired) electrons. The summed E-state index contributed by atoms with van der Waals surface area (Å²) in [6.07, 6.45) is 5.84. The summed E-state index contributed by atoms with van der Waals surface area (Å²) in [7, 11) is 0. The van der Waals surface area contributed by atoms with E-state index in [1.807, 2.05) is 0 Å². The van der Waals surface area contributed by atoms with Gasteiger partial charge in [-0.3, -0.25) is 0 Å². The van der Waals surface area contributed by atoms with E-state index in [9.17, 15) is 0 Å². The van der Waals surface area contributed by atoms with Crippen LogP contribution in [0.1, 0.15) is 39.5 Å². The summed E-state index contributed by atoms with van der Waals surface area (Å²) in [5.41, 5.74) is 0. The molecule has 0 amide bonds. The van der Waals surface area contributed by atoms with Crippen molar-refractivity contribution in [2.75, 3.05) is 0 Å². The summed E-state index contributed by atoms with van der Waals surface area (Å²) in [5, 5.41) is 15.5. The number of unbranched alkanes of at least 4 members (excludes halogenated alkanes) is 2. The van der Waals surface area contributed by atoms with E-state index >= 15 is 0 Å². The Kier molecular flexibility index (Phi) is 22.3. The molecule has 0 aliphatic rings. The Bertz CT molecular complexity index is 56.3. The van der Waals surface area contributed by atoms with Crippen molar-refractivity contribution in [2.24, 2.45) is 0 Å². The zero-order valence-corrected chi connectivity index (χ0v) is 10.9. The normalized spacial score (nSPS) is 9.00. The maximum absolute atomic E-state index is 6.62. The van der Waals surface area contributed by atoms with Crippen molar-refractivity contribution in [1.29, 1.82) is 0 Å². The van der Waals surface area contributed by atoms with Crippen LogP contribution >= 0.6 is 0 Å². The summed E-state index contributed by atoms with van der Waals surface area (Å²) in [4.78, 5) is 0. The van der Waals surface area contributed by atoms with Gasteiger partial charge in [0.15, 0.2) is 0 Å². The Labute approximate surface area is 85.2 Å². The van der Waals surface area contributed by atoms with Crippen molar-refractivity contribution in [1.82, 2.24) is 0 Å². The second-order valence-corrected chi connectivity index (χ2v) is 6.82. The van der Waals surface area contributed by atoms with E-state index in [2.05, 4.69) is 18.9 Å². The molecule has 12 heavy (non-hydrogen) atoms. The second kappa shape index (κ2) is 17.7. The molecule has 0 rings (SSSR count). The minimum absolute atomic E-state index is 0.149. The minimum atomic E-state index is 0.149. The van der Waals surface area contributed by atoms with Gasteiger partial charge >= 0.3 is 69.5 Å². The predicted octanol–water partition coefficient (Wildman–Crippen LogP) is 3.08. The molecule has 74 valence electrons. The van der Waals surface area contributed by atoms with Crippen LogP contribution in [0.4, 0.5) is 0 Å². The van der Waals surface area contributed by atoms with Crippen LogP contribution in [0.25, 0.3) is 0 Å². The summed E-state index contributed by atoms with van der Waals surface area (Å²) in [5.74, 6) is 0. The molecule has 0 spiro atoms. The van der Waals surface area contributed by atoms with Crippen molar-refractivity contribution < 1.29 is 15.6 Å². The SMILES string of the molecule is CCC[CH2][Sn][CH2]CCC.OOO. The quantitative estimate of drug-likeness (QED) is 0.341. The van der Waals surface area contributed by atoms with E-state index in [0.29, 0.717) is 0 Å². The van der Waals surface area contributed by atoms with Crippen molar-refractivity contribution in [3.8, 4) is 0 Å². The standard InChI is InChI=1S/2C4H9.H2O3.Sn/c2*1-3-4-2;1-3-2;/h2*1,3-4H2,2H3;1-2H;. The van der Waals surface area contributed by atoms with Gasteiger partial charge in [0.1, 0.15) is 0 Å². The topological polar surface area (TPSA) is 49.7 Å². The van der Waals surface area contributed by atoms with Gasteiger partial charge in [0.2, 0.25) is 0 Å². The number of hydrogen-bond donors (Lipinski definition) is 2. The third-order valence-corrected chi connectivity index (χ3v) is 5.45. The predicted molar refractivity (Wildman–Crippen MR) is 51.5 cm³/mol. The Morgan fingerprint density at radius 3 is 1.58 bits per heavy atom. The molecular weight excluding hydrogens is 263 g/mol. The van der Waals surface area contributed by atoms with Crippen LogP contribution in [0.2, 0.25) is 8.87 Å². The maximum Gasteiger partial charge on any atom is -0.0737 e. The van der Waals surface area contributed by atoms with Gasteiger partial charge in [-0.1, -0.05) is 5.04 Å². The zero-order chi connectivity index (χ0) is 9.66. The van der Waals surface area contributed by atoms with Gasteiger partial charge in [-0.05, 0) is 0 Å². The fourth-order valence-corrected chi connectivity index (χ4v) is 4.89. The molecule has 3 nitrogen and oxygen atoms in total. The van der Waals surface area contributed by atoms with Crippen molar-refractivity contribution in [3.05, 3.63) is 0 Å². The fraction of sp³-hybridized carbons (Fsp3) is 1.00. The van der Waals surface area contributed by atoms with Crippen molar-refractivity contribution in [3.63, 3.8) is 0 Å². The third-order valence-electron chi connectivity index (χ3n) is 1.41. The molecule has 0 aliphatic heterocycles. The first-order valence-electron chi connectivity index (χ1n) is 4.49. The summed E-state index contributed by atoms with van der Waals surface area (Å²) in [6.45, 7) is 4.58. The van der Waals surface area contributed by atoms with E-state index < -0.39 is 0 Å². The molecule has 0 saturated heterocycles. The molecule has 0 heterocycles. The van der Waals surface area contributed by atoms with E-state index in [1.165, 1.54) is 25.7 Å². The van der Waals surface area contributed by atoms with Gasteiger partial charge in [0, 0.05) is 0 Å². The molecule has 0 aliphatic carbocycles. The fourth-order valence-electron chi connectivity index (χ4n) is 0.729. The molecule has 0 aromatic heterocycles. The van der Waals surface area contributed by atoms with E-state index in [-0.39, 0.29) is 21.1 Å². The van der Waals surface area contributed by atoms with E-state index in [0.717, 1.165) is 0 Å². The van der Waals surface area contributed by atoms with Crippen LogP contribution in [0.15, 0.2) is 0 Å². The smallest absolute Gasteiger partial charge is 0.0737 e. The molecular formula is C8H20O3Sn. The van der Waals surface area contributed by atoms with Gasteiger partial charge < -0.3 is 0 Å². The van der Waals surface area contributed by atoms with Crippen LogP contribution in [0, 0.1) is 0 Å². The molecule has 0 bridgehead atoms. The second-order valence-electron chi connectivity index (χ2n) is 2.54. The maximum atomic E-state index is 6.62. The van der Waals surface area contributed by atoms with Gasteiger partial charge in [0.05, 0.1) is 0 Å². The minimum Gasteiger partial charge on any atom is -0.221 e. The summed E-state index contributed by atoms with van der Waals surface area (Å²) < 4.78 is 3.25. The number of rotatable bonds is 6. The monoisotopic (exact) mass is 284 g/mol. The van der Waals surface area contributed by atoms with Crippen LogP contribution in [0.5, 0.6) is 0 Å². The van der Waals surface area contributed by atoms with Gasteiger partial charge in [-0.15, -0.1) is 0 Å². The zero-order valence-electron chi connectivity index (χ0n) is 8.05. The van der Waals surface area contributed by atoms with Crippen molar-refractivity contribution >= 4 is 21.1 Å².